The Morgan fingerprint density at radius 2 is 1.68 bits per heavy atom. The second kappa shape index (κ2) is 12.1. The van der Waals surface area contributed by atoms with E-state index >= 15 is 0 Å². The SMILES string of the molecule is C=CC(=C)Nc1ccc(F)c(Nc2nc(N/C(C=NC)=C/N)ncc2-c2ccc(-c3ccccc3)cc2)c1. The zero-order valence-electron chi connectivity index (χ0n) is 20.9. The van der Waals surface area contributed by atoms with Crippen molar-refractivity contribution in [3.05, 3.63) is 122 Å². The summed E-state index contributed by atoms with van der Waals surface area (Å²) in [6, 6.07) is 22.7. The van der Waals surface area contributed by atoms with Gasteiger partial charge in [0.25, 0.3) is 0 Å². The van der Waals surface area contributed by atoms with Crippen molar-refractivity contribution in [1.29, 1.82) is 0 Å². The van der Waals surface area contributed by atoms with Crippen molar-refractivity contribution >= 4 is 29.4 Å². The van der Waals surface area contributed by atoms with E-state index in [0.29, 0.717) is 28.5 Å². The van der Waals surface area contributed by atoms with Gasteiger partial charge >= 0.3 is 0 Å². The molecule has 0 amide bonds. The van der Waals surface area contributed by atoms with Crippen molar-refractivity contribution in [1.82, 2.24) is 9.97 Å². The maximum absolute atomic E-state index is 14.9. The maximum Gasteiger partial charge on any atom is 0.229 e. The number of rotatable bonds is 10. The number of nitrogens with zero attached hydrogens (tertiary/aromatic N) is 3. The molecule has 38 heavy (non-hydrogen) atoms. The van der Waals surface area contributed by atoms with E-state index in [1.807, 2.05) is 42.5 Å². The summed E-state index contributed by atoms with van der Waals surface area (Å²) in [5.41, 5.74) is 11.4. The summed E-state index contributed by atoms with van der Waals surface area (Å²) in [5.74, 6) is 0.223. The first-order valence-electron chi connectivity index (χ1n) is 11.8. The summed E-state index contributed by atoms with van der Waals surface area (Å²) in [5, 5.41) is 9.23. The minimum atomic E-state index is -0.445. The van der Waals surface area contributed by atoms with Gasteiger partial charge in [-0.2, -0.15) is 4.98 Å². The number of nitrogens with two attached hydrogens (primary N) is 1. The van der Waals surface area contributed by atoms with Crippen LogP contribution in [-0.2, 0) is 0 Å². The molecule has 0 saturated heterocycles. The van der Waals surface area contributed by atoms with E-state index in [4.69, 9.17) is 5.73 Å². The largest absolute Gasteiger partial charge is 0.403 e. The van der Waals surface area contributed by atoms with Crippen molar-refractivity contribution in [2.45, 2.75) is 0 Å². The molecule has 0 spiro atoms. The van der Waals surface area contributed by atoms with Gasteiger partial charge in [-0.1, -0.05) is 67.8 Å². The molecule has 3 aromatic carbocycles. The van der Waals surface area contributed by atoms with Gasteiger partial charge in [-0.05, 0) is 41.0 Å². The molecule has 0 atom stereocenters. The second-order valence-electron chi connectivity index (χ2n) is 8.21. The Bertz CT molecular complexity index is 1490. The van der Waals surface area contributed by atoms with Crippen molar-refractivity contribution < 1.29 is 4.39 Å². The quantitative estimate of drug-likeness (QED) is 0.141. The fourth-order valence-electron chi connectivity index (χ4n) is 3.67. The Labute approximate surface area is 221 Å². The number of allylic oxidation sites excluding steroid dienone is 2. The van der Waals surface area contributed by atoms with Crippen molar-refractivity contribution in [2.75, 3.05) is 23.0 Å². The van der Waals surface area contributed by atoms with Crippen LogP contribution < -0.4 is 21.7 Å². The van der Waals surface area contributed by atoms with E-state index in [1.54, 1.807) is 37.7 Å². The molecule has 0 fully saturated rings. The number of hydrogen-bond donors (Lipinski definition) is 4. The molecule has 0 bridgehead atoms. The van der Waals surface area contributed by atoms with E-state index in [-0.39, 0.29) is 11.6 Å². The van der Waals surface area contributed by atoms with Gasteiger partial charge in [-0.3, -0.25) is 4.99 Å². The van der Waals surface area contributed by atoms with Crippen LogP contribution in [0.5, 0.6) is 0 Å². The lowest BCUT2D eigenvalue weighted by atomic mass is 10.0. The zero-order valence-corrected chi connectivity index (χ0v) is 20.9. The van der Waals surface area contributed by atoms with Crippen LogP contribution in [0.2, 0.25) is 0 Å². The summed E-state index contributed by atoms with van der Waals surface area (Å²) in [6.07, 6.45) is 6.17. The van der Waals surface area contributed by atoms with Crippen LogP contribution in [0.3, 0.4) is 0 Å². The Morgan fingerprint density at radius 3 is 2.37 bits per heavy atom. The maximum atomic E-state index is 14.9. The van der Waals surface area contributed by atoms with Crippen molar-refractivity contribution in [3.63, 3.8) is 0 Å². The van der Waals surface area contributed by atoms with Gasteiger partial charge < -0.3 is 21.7 Å². The van der Waals surface area contributed by atoms with Gasteiger partial charge in [-0.25, -0.2) is 9.37 Å². The summed E-state index contributed by atoms with van der Waals surface area (Å²) in [7, 11) is 1.63. The molecule has 5 N–H and O–H groups in total. The second-order valence-corrected chi connectivity index (χ2v) is 8.21. The summed E-state index contributed by atoms with van der Waals surface area (Å²) in [4.78, 5) is 13.0. The number of halogens is 1. The third kappa shape index (κ3) is 6.30. The van der Waals surface area contributed by atoms with Crippen LogP contribution in [0, 0.1) is 5.82 Å². The predicted molar refractivity (Wildman–Crippen MR) is 156 cm³/mol. The van der Waals surface area contributed by atoms with Gasteiger partial charge in [0.15, 0.2) is 0 Å². The number of anilines is 4. The minimum Gasteiger partial charge on any atom is -0.403 e. The van der Waals surface area contributed by atoms with Gasteiger partial charge in [0, 0.05) is 42.6 Å². The van der Waals surface area contributed by atoms with E-state index in [0.717, 1.165) is 16.7 Å². The molecular formula is C30H28FN7. The van der Waals surface area contributed by atoms with E-state index in [9.17, 15) is 4.39 Å². The molecule has 8 heteroatoms. The van der Waals surface area contributed by atoms with Crippen molar-refractivity contribution in [3.8, 4) is 22.3 Å². The molecule has 0 radical (unpaired) electrons. The molecule has 0 aliphatic heterocycles. The average molecular weight is 506 g/mol. The average Bonchev–Trinajstić information content (AvgIpc) is 2.95. The molecule has 7 nitrogen and oxygen atoms in total. The van der Waals surface area contributed by atoms with Crippen LogP contribution in [0.4, 0.5) is 27.5 Å². The minimum absolute atomic E-state index is 0.225. The summed E-state index contributed by atoms with van der Waals surface area (Å²) >= 11 is 0. The van der Waals surface area contributed by atoms with Crippen LogP contribution in [0.15, 0.2) is 121 Å². The van der Waals surface area contributed by atoms with E-state index in [2.05, 4.69) is 56.2 Å². The molecular weight excluding hydrogens is 477 g/mol. The number of aromatic nitrogens is 2. The Balaban J connectivity index is 1.74. The lowest BCUT2D eigenvalue weighted by Crippen LogP contribution is -2.09. The lowest BCUT2D eigenvalue weighted by molar-refractivity contribution is 0.632. The standard InChI is InChI=1S/C30H28FN7/c1-4-20(2)35-24-14-15-27(31)28(16-24)37-29-26(19-34-30(38-29)36-25(17-32)18-33-3)23-12-10-22(11-13-23)21-8-6-5-7-9-21/h4-19,35H,1-2,32H2,3H3,(H2,34,36,37,38)/b25-17+,33-18?. The number of nitrogens with one attached hydrogen (secondary N) is 3. The molecule has 4 rings (SSSR count). The Morgan fingerprint density at radius 1 is 0.974 bits per heavy atom. The zero-order chi connectivity index (χ0) is 26.9. The number of benzene rings is 3. The van der Waals surface area contributed by atoms with Crippen molar-refractivity contribution in [2.24, 2.45) is 10.7 Å². The van der Waals surface area contributed by atoms with Crippen LogP contribution in [-0.4, -0.2) is 23.2 Å². The van der Waals surface area contributed by atoms with Gasteiger partial charge in [0.05, 0.1) is 11.4 Å². The molecule has 0 unspecified atom stereocenters. The first-order valence-corrected chi connectivity index (χ1v) is 11.8. The van der Waals surface area contributed by atoms with Gasteiger partial charge in [0.1, 0.15) is 11.6 Å². The van der Waals surface area contributed by atoms with Crippen LogP contribution >= 0.6 is 0 Å². The predicted octanol–water partition coefficient (Wildman–Crippen LogP) is 6.72. The molecule has 0 saturated carbocycles. The van der Waals surface area contributed by atoms with Gasteiger partial charge in [0.2, 0.25) is 5.95 Å². The molecule has 4 aromatic rings. The monoisotopic (exact) mass is 505 g/mol. The Hall–Kier alpha value is -5.24. The van der Waals surface area contributed by atoms with Crippen LogP contribution in [0.1, 0.15) is 0 Å². The third-order valence-electron chi connectivity index (χ3n) is 5.57. The van der Waals surface area contributed by atoms with Gasteiger partial charge in [-0.15, -0.1) is 0 Å². The molecule has 1 aromatic heterocycles. The summed E-state index contributed by atoms with van der Waals surface area (Å²) < 4.78 is 14.9. The highest BCUT2D eigenvalue weighted by molar-refractivity contribution is 5.84. The third-order valence-corrected chi connectivity index (χ3v) is 5.57. The fraction of sp³-hybridized carbons (Fsp3) is 0.0333. The highest BCUT2D eigenvalue weighted by atomic mass is 19.1. The highest BCUT2D eigenvalue weighted by Crippen LogP contribution is 2.32. The topological polar surface area (TPSA) is 100 Å². The molecule has 0 aliphatic rings. The highest BCUT2D eigenvalue weighted by Gasteiger charge is 2.14. The van der Waals surface area contributed by atoms with E-state index < -0.39 is 5.82 Å². The molecule has 1 heterocycles. The summed E-state index contributed by atoms with van der Waals surface area (Å²) in [6.45, 7) is 7.54. The molecule has 190 valence electrons. The lowest BCUT2D eigenvalue weighted by Gasteiger charge is -2.15. The fourth-order valence-corrected chi connectivity index (χ4v) is 3.67. The Kier molecular flexibility index (Phi) is 8.25. The molecule has 0 aliphatic carbocycles. The van der Waals surface area contributed by atoms with Crippen LogP contribution in [0.25, 0.3) is 22.3 Å². The smallest absolute Gasteiger partial charge is 0.229 e. The first-order chi connectivity index (χ1) is 18.5. The van der Waals surface area contributed by atoms with E-state index in [1.165, 1.54) is 12.3 Å². The first kappa shape index (κ1) is 25.8. The number of hydrogen-bond acceptors (Lipinski definition) is 7. The number of aliphatic imine (C=N–C) groups is 1. The normalized spacial score (nSPS) is 11.3.